The first-order valence-corrected chi connectivity index (χ1v) is 23.7. The maximum Gasteiger partial charge on any atom is 0.169 e. The molecule has 6 aromatic carbocycles. The molecule has 1 aliphatic heterocycles. The lowest BCUT2D eigenvalue weighted by Gasteiger charge is -2.51. The highest BCUT2D eigenvalue weighted by Gasteiger charge is 2.57. The van der Waals surface area contributed by atoms with Gasteiger partial charge in [0, 0.05) is 4.91 Å². The van der Waals surface area contributed by atoms with Crippen LogP contribution in [0.25, 0.3) is 10.4 Å². The quantitative estimate of drug-likeness (QED) is 0.0254. The van der Waals surface area contributed by atoms with E-state index in [0.29, 0.717) is 0 Å². The molecule has 1 saturated carbocycles. The number of aliphatic hydroxyl groups is 1. The topological polar surface area (TPSA) is 152 Å². The third-order valence-electron chi connectivity index (χ3n) is 12.3. The molecule has 2 fully saturated rings. The smallest absolute Gasteiger partial charge is 0.169 e. The molecule has 70 heavy (non-hydrogen) atoms. The van der Waals surface area contributed by atoms with Crippen LogP contribution < -0.4 is 0 Å². The van der Waals surface area contributed by atoms with Gasteiger partial charge in [-0.3, -0.25) is 0 Å². The summed E-state index contributed by atoms with van der Waals surface area (Å²) in [6.45, 7) is 5.20. The molecule has 6 aromatic rings. The predicted octanol–water partition coefficient (Wildman–Crippen LogP) is 9.86. The van der Waals surface area contributed by atoms with Gasteiger partial charge in [0.15, 0.2) is 6.29 Å². The van der Waals surface area contributed by atoms with Crippen molar-refractivity contribution in [1.82, 2.24) is 0 Å². The number of aliphatic hydroxyl groups excluding tert-OH is 1. The predicted molar refractivity (Wildman–Crippen MR) is 264 cm³/mol. The summed E-state index contributed by atoms with van der Waals surface area (Å²) < 4.78 is 61.6. The Labute approximate surface area is 410 Å². The summed E-state index contributed by atoms with van der Waals surface area (Å²) in [6, 6.07) is 57.5. The number of nitrogens with zero attached hydrogens (tertiary/aromatic N) is 3. The van der Waals surface area contributed by atoms with E-state index >= 15 is 0 Å². The van der Waals surface area contributed by atoms with Crippen molar-refractivity contribution in [2.24, 2.45) is 5.11 Å². The van der Waals surface area contributed by atoms with E-state index in [1.54, 1.807) is 6.08 Å². The number of hydrogen-bond acceptors (Lipinski definition) is 11. The Balaban J connectivity index is 1.21. The van der Waals surface area contributed by atoms with Gasteiger partial charge in [0.05, 0.1) is 59.0 Å². The molecule has 0 bridgehead atoms. The van der Waals surface area contributed by atoms with Crippen LogP contribution in [0.3, 0.4) is 0 Å². The molecule has 13 heteroatoms. The first kappa shape index (κ1) is 50.4. The van der Waals surface area contributed by atoms with Crippen molar-refractivity contribution in [2.75, 3.05) is 13.2 Å². The molecule has 0 amide bonds. The molecule has 1 N–H and O–H groups in total. The molecular weight excluding hydrogens is 887 g/mol. The van der Waals surface area contributed by atoms with E-state index in [-0.39, 0.29) is 52.9 Å². The van der Waals surface area contributed by atoms with Gasteiger partial charge < -0.3 is 47.7 Å². The molecule has 13 nitrogen and oxygen atoms in total. The van der Waals surface area contributed by atoms with Crippen molar-refractivity contribution >= 4 is 0 Å². The number of rotatable bonds is 25. The lowest BCUT2D eigenvalue weighted by atomic mass is 9.83. The normalized spacial score (nSPS) is 25.4. The van der Waals surface area contributed by atoms with Gasteiger partial charge in [0.1, 0.15) is 54.9 Å². The van der Waals surface area contributed by atoms with E-state index < -0.39 is 67.3 Å². The molecule has 1 aliphatic carbocycles. The fourth-order valence-corrected chi connectivity index (χ4v) is 8.79. The van der Waals surface area contributed by atoms with Crippen LogP contribution in [0.15, 0.2) is 200 Å². The van der Waals surface area contributed by atoms with Crippen molar-refractivity contribution in [2.45, 2.75) is 107 Å². The first-order chi connectivity index (χ1) is 34.6. The number of hydrogen-bond donors (Lipinski definition) is 1. The minimum atomic E-state index is -1.33. The molecule has 0 spiro atoms. The summed E-state index contributed by atoms with van der Waals surface area (Å²) in [5.41, 5.74) is 15.7. The summed E-state index contributed by atoms with van der Waals surface area (Å²) in [6.07, 6.45) is -8.49. The van der Waals surface area contributed by atoms with E-state index in [2.05, 4.69) is 16.6 Å². The Kier molecular flexibility index (Phi) is 19.3. The Bertz CT molecular complexity index is 2460. The van der Waals surface area contributed by atoms with Crippen LogP contribution in [-0.2, 0) is 82.3 Å². The van der Waals surface area contributed by atoms with Gasteiger partial charge in [-0.15, -0.1) is 6.58 Å². The van der Waals surface area contributed by atoms with Crippen molar-refractivity contribution < 1.29 is 47.7 Å². The van der Waals surface area contributed by atoms with Crippen LogP contribution in [0, 0.1) is 0 Å². The van der Waals surface area contributed by atoms with E-state index in [1.165, 1.54) is 0 Å². The minimum absolute atomic E-state index is 0.0415. The molecule has 2 aliphatic rings. The lowest BCUT2D eigenvalue weighted by Crippen LogP contribution is -2.69. The average Bonchev–Trinajstić information content (AvgIpc) is 3.41. The Morgan fingerprint density at radius 3 is 1.16 bits per heavy atom. The maximum atomic E-state index is 12.1. The molecule has 0 aromatic heterocycles. The summed E-state index contributed by atoms with van der Waals surface area (Å²) in [7, 11) is 0. The number of ether oxygens (including phenoxy) is 9. The third kappa shape index (κ3) is 14.1. The van der Waals surface area contributed by atoms with Crippen LogP contribution in [0.2, 0.25) is 0 Å². The van der Waals surface area contributed by atoms with Crippen LogP contribution in [0.4, 0.5) is 0 Å². The highest BCUT2D eigenvalue weighted by Crippen LogP contribution is 2.39. The van der Waals surface area contributed by atoms with Crippen LogP contribution in [-0.4, -0.2) is 85.6 Å². The highest BCUT2D eigenvalue weighted by atomic mass is 16.7. The maximum absolute atomic E-state index is 12.1. The van der Waals surface area contributed by atoms with Crippen LogP contribution in [0.5, 0.6) is 0 Å². The molecule has 11 atom stereocenters. The van der Waals surface area contributed by atoms with Crippen LogP contribution in [0.1, 0.15) is 33.4 Å². The van der Waals surface area contributed by atoms with Crippen molar-refractivity contribution in [3.05, 3.63) is 238 Å². The monoisotopic (exact) mass is 947 g/mol. The van der Waals surface area contributed by atoms with E-state index in [4.69, 9.17) is 42.6 Å². The molecule has 0 unspecified atom stereocenters. The zero-order valence-corrected chi connectivity index (χ0v) is 39.1. The fourth-order valence-electron chi connectivity index (χ4n) is 8.79. The Hall–Kier alpha value is -6.03. The average molecular weight is 948 g/mol. The zero-order valence-electron chi connectivity index (χ0n) is 39.1. The summed E-state index contributed by atoms with van der Waals surface area (Å²) in [5, 5.41) is 16.3. The minimum Gasteiger partial charge on any atom is -0.388 e. The van der Waals surface area contributed by atoms with E-state index in [0.717, 1.165) is 33.4 Å². The Morgan fingerprint density at radius 1 is 0.471 bits per heavy atom. The largest absolute Gasteiger partial charge is 0.388 e. The number of benzene rings is 6. The molecule has 1 saturated heterocycles. The third-order valence-corrected chi connectivity index (χ3v) is 12.3. The van der Waals surface area contributed by atoms with Crippen molar-refractivity contribution in [1.29, 1.82) is 0 Å². The summed E-state index contributed by atoms with van der Waals surface area (Å²) >= 11 is 0. The standard InChI is InChI=1S/C57H61N3O10/c1-2-33-63-54-52(66-37-44-27-15-6-16-28-44)51(65-36-43-25-13-5-14-26-43)53(67-38-45-29-17-7-18-30-45)55(68-39-46-31-19-8-20-32-46)56(54)70-57-48(59-60-58)50(64-35-42-23-11-4-12-24-42)49(61)47(69-57)40-62-34-41-21-9-3-10-22-41/h2-32,47-57,61H,1,33-40H2/t47-,48-,49-,50-,51-,52-,53+,54-,55-,56+,57-/m1/s1. The molecule has 8 rings (SSSR count). The van der Waals surface area contributed by atoms with Gasteiger partial charge in [-0.05, 0) is 38.9 Å². The van der Waals surface area contributed by atoms with Gasteiger partial charge in [-0.1, -0.05) is 193 Å². The lowest BCUT2D eigenvalue weighted by molar-refractivity contribution is -0.338. The SMILES string of the molecule is C=CCO[C@@H]1[C@H](OCc2ccccc2)[C@@H](OCc2ccccc2)[C@H](OCc2ccccc2)[C@@H](OCc2ccccc2)[C@H]1O[C@H]1O[C@H](COCc2ccccc2)[C@@H](O)[C@H](OCc2ccccc2)[C@H]1N=[N+]=[N-]. The van der Waals surface area contributed by atoms with Crippen LogP contribution >= 0.6 is 0 Å². The molecule has 1 heterocycles. The number of azide groups is 1. The van der Waals surface area contributed by atoms with E-state index in [9.17, 15) is 10.6 Å². The highest BCUT2D eigenvalue weighted by molar-refractivity contribution is 5.19. The summed E-state index contributed by atoms with van der Waals surface area (Å²) in [4.78, 5) is 3.25. The van der Waals surface area contributed by atoms with Gasteiger partial charge in [-0.25, -0.2) is 0 Å². The van der Waals surface area contributed by atoms with Gasteiger partial charge >= 0.3 is 0 Å². The summed E-state index contributed by atoms with van der Waals surface area (Å²) in [5.74, 6) is 0. The Morgan fingerprint density at radius 2 is 0.800 bits per heavy atom. The molecule has 0 radical (unpaired) electrons. The second-order valence-corrected chi connectivity index (χ2v) is 17.2. The first-order valence-electron chi connectivity index (χ1n) is 23.7. The second-order valence-electron chi connectivity index (χ2n) is 17.2. The van der Waals surface area contributed by atoms with Gasteiger partial charge in [0.2, 0.25) is 0 Å². The zero-order chi connectivity index (χ0) is 48.2. The second kappa shape index (κ2) is 26.8. The molecule has 364 valence electrons. The van der Waals surface area contributed by atoms with E-state index in [1.807, 2.05) is 182 Å². The van der Waals surface area contributed by atoms with Crippen molar-refractivity contribution in [3.8, 4) is 0 Å². The van der Waals surface area contributed by atoms with Crippen molar-refractivity contribution in [3.63, 3.8) is 0 Å². The molecular formula is C57H61N3O10. The van der Waals surface area contributed by atoms with Gasteiger partial charge in [0.25, 0.3) is 0 Å². The van der Waals surface area contributed by atoms with Gasteiger partial charge in [-0.2, -0.15) is 0 Å². The fraction of sp³-hybridized carbons (Fsp3) is 0.333.